The van der Waals surface area contributed by atoms with Crippen LogP contribution < -0.4 is 10.2 Å². The summed E-state index contributed by atoms with van der Waals surface area (Å²) in [5, 5.41) is 21.2. The Labute approximate surface area is 194 Å². The molecule has 0 amide bonds. The van der Waals surface area contributed by atoms with Crippen LogP contribution in [-0.4, -0.2) is 16.8 Å². The Morgan fingerprint density at radius 2 is 1.70 bits per heavy atom. The first kappa shape index (κ1) is 24.2. The number of hydrogen-bond donors (Lipinski definition) is 2. The van der Waals surface area contributed by atoms with Crippen molar-refractivity contribution in [3.63, 3.8) is 0 Å². The lowest BCUT2D eigenvalue weighted by Gasteiger charge is -2.14. The molecular weight excluding hydrogens is 416 g/mol. The van der Waals surface area contributed by atoms with Crippen LogP contribution in [0.15, 0.2) is 68.4 Å². The third-order valence-electron chi connectivity index (χ3n) is 5.46. The second-order valence-corrected chi connectivity index (χ2v) is 8.85. The summed E-state index contributed by atoms with van der Waals surface area (Å²) in [5.74, 6) is 0.292. The Kier molecular flexibility index (Phi) is 7.64. The molecule has 0 radical (unpaired) electrons. The zero-order valence-electron chi connectivity index (χ0n) is 20.0. The number of phenols is 2. The lowest BCUT2D eigenvalue weighted by atomic mass is 10.0. The van der Waals surface area contributed by atoms with Crippen LogP contribution in [0.1, 0.15) is 53.0 Å². The van der Waals surface area contributed by atoms with E-state index < -0.39 is 0 Å². The molecule has 1 heterocycles. The van der Waals surface area contributed by atoms with Gasteiger partial charge in [-0.2, -0.15) is 0 Å². The molecule has 2 aromatic carbocycles. The first-order valence-electron chi connectivity index (χ1n) is 11.2. The molecule has 1 aromatic heterocycles. The van der Waals surface area contributed by atoms with Crippen molar-refractivity contribution in [3.8, 4) is 17.2 Å². The molecule has 0 bridgehead atoms. The summed E-state index contributed by atoms with van der Waals surface area (Å²) < 4.78 is 11.9. The third kappa shape index (κ3) is 5.86. The monoisotopic (exact) mass is 448 g/mol. The van der Waals surface area contributed by atoms with Crippen molar-refractivity contribution in [2.45, 2.75) is 53.9 Å². The van der Waals surface area contributed by atoms with E-state index in [1.165, 1.54) is 23.3 Å². The molecule has 5 nitrogen and oxygen atoms in total. The average molecular weight is 449 g/mol. The van der Waals surface area contributed by atoms with Gasteiger partial charge in [0.2, 0.25) is 5.43 Å². The van der Waals surface area contributed by atoms with E-state index in [0.717, 1.165) is 18.4 Å². The SMILES string of the molecule is CC(C)=CCC/C(C)=C/COc1cc2oc3ccc(O)cc3c(=O)c2c(O)c1CC=C(C)C. The maximum Gasteiger partial charge on any atom is 0.204 e. The van der Waals surface area contributed by atoms with Gasteiger partial charge in [0.25, 0.3) is 0 Å². The molecule has 0 saturated carbocycles. The molecule has 0 spiro atoms. The fourth-order valence-corrected chi connectivity index (χ4v) is 3.60. The van der Waals surface area contributed by atoms with Crippen LogP contribution in [0.2, 0.25) is 0 Å². The van der Waals surface area contributed by atoms with Crippen LogP contribution in [0.4, 0.5) is 0 Å². The smallest absolute Gasteiger partial charge is 0.204 e. The summed E-state index contributed by atoms with van der Waals surface area (Å²) in [6.45, 7) is 10.5. The van der Waals surface area contributed by atoms with E-state index in [-0.39, 0.29) is 33.3 Å². The topological polar surface area (TPSA) is 79.9 Å². The van der Waals surface area contributed by atoms with Crippen LogP contribution in [0.25, 0.3) is 21.9 Å². The highest BCUT2D eigenvalue weighted by Gasteiger charge is 2.19. The second-order valence-electron chi connectivity index (χ2n) is 8.85. The Hall–Kier alpha value is -3.47. The Morgan fingerprint density at radius 3 is 2.39 bits per heavy atom. The van der Waals surface area contributed by atoms with Gasteiger partial charge < -0.3 is 19.4 Å². The molecule has 0 aliphatic rings. The van der Waals surface area contributed by atoms with Gasteiger partial charge in [0, 0.05) is 11.6 Å². The molecule has 3 rings (SSSR count). The van der Waals surface area contributed by atoms with Crippen molar-refractivity contribution in [3.05, 3.63) is 75.0 Å². The van der Waals surface area contributed by atoms with Gasteiger partial charge in [-0.05, 0) is 78.2 Å². The molecular formula is C28H32O5. The van der Waals surface area contributed by atoms with Crippen molar-refractivity contribution in [1.29, 1.82) is 0 Å². The highest BCUT2D eigenvalue weighted by molar-refractivity contribution is 5.95. The molecule has 0 unspecified atom stereocenters. The van der Waals surface area contributed by atoms with E-state index in [1.807, 2.05) is 26.0 Å². The summed E-state index contributed by atoms with van der Waals surface area (Å²) in [4.78, 5) is 13.1. The predicted octanol–water partition coefficient (Wildman–Crippen LogP) is 6.94. The molecule has 3 aromatic rings. The Morgan fingerprint density at radius 1 is 0.970 bits per heavy atom. The normalized spacial score (nSPS) is 11.6. The molecule has 0 atom stereocenters. The summed E-state index contributed by atoms with van der Waals surface area (Å²) in [6.07, 6.45) is 8.58. The minimum Gasteiger partial charge on any atom is -0.508 e. The number of hydrogen-bond acceptors (Lipinski definition) is 5. The summed E-state index contributed by atoms with van der Waals surface area (Å²) in [6, 6.07) is 6.02. The quantitative estimate of drug-likeness (QED) is 0.288. The Balaban J connectivity index is 2.03. The minimum atomic E-state index is -0.389. The Bertz CT molecular complexity index is 1310. The zero-order valence-corrected chi connectivity index (χ0v) is 20.0. The van der Waals surface area contributed by atoms with Crippen molar-refractivity contribution >= 4 is 21.9 Å². The molecule has 2 N–H and O–H groups in total. The standard InChI is InChI=1S/C28H32O5/c1-17(2)7-6-8-19(5)13-14-32-24-16-25-26(27(30)21(24)11-9-18(3)4)28(31)22-15-20(29)10-12-23(22)33-25/h7,9-10,12-13,15-16,29-30H,6,8,11,14H2,1-5H3/b19-13+. The second kappa shape index (κ2) is 10.4. The number of ether oxygens (including phenoxy) is 1. The van der Waals surface area contributed by atoms with Crippen LogP contribution in [-0.2, 0) is 6.42 Å². The highest BCUT2D eigenvalue weighted by atomic mass is 16.5. The summed E-state index contributed by atoms with van der Waals surface area (Å²) in [5.41, 5.74) is 4.34. The minimum absolute atomic E-state index is 0.0369. The molecule has 174 valence electrons. The first-order valence-corrected chi connectivity index (χ1v) is 11.2. The number of fused-ring (bicyclic) bond motifs is 2. The van der Waals surface area contributed by atoms with Crippen LogP contribution in [0.3, 0.4) is 0 Å². The van der Waals surface area contributed by atoms with Crippen LogP contribution in [0.5, 0.6) is 17.2 Å². The van der Waals surface area contributed by atoms with Gasteiger partial charge in [-0.25, -0.2) is 0 Å². The molecule has 0 saturated heterocycles. The molecule has 0 fully saturated rings. The van der Waals surface area contributed by atoms with Crippen LogP contribution >= 0.6 is 0 Å². The van der Waals surface area contributed by atoms with Crippen LogP contribution in [0, 0.1) is 0 Å². The fraction of sp³-hybridized carbons (Fsp3) is 0.321. The molecule has 0 aliphatic heterocycles. The maximum atomic E-state index is 13.1. The van der Waals surface area contributed by atoms with Crippen molar-refractivity contribution < 1.29 is 19.4 Å². The van der Waals surface area contributed by atoms with E-state index in [9.17, 15) is 15.0 Å². The largest absolute Gasteiger partial charge is 0.508 e. The number of rotatable bonds is 8. The van der Waals surface area contributed by atoms with Crippen molar-refractivity contribution in [2.24, 2.45) is 0 Å². The maximum absolute atomic E-state index is 13.1. The van der Waals surface area contributed by atoms with Gasteiger partial charge in [0.15, 0.2) is 0 Å². The lowest BCUT2D eigenvalue weighted by Crippen LogP contribution is -2.06. The van der Waals surface area contributed by atoms with E-state index in [2.05, 4.69) is 26.8 Å². The highest BCUT2D eigenvalue weighted by Crippen LogP contribution is 2.37. The van der Waals surface area contributed by atoms with Gasteiger partial charge in [0.05, 0.1) is 5.39 Å². The fourth-order valence-electron chi connectivity index (χ4n) is 3.60. The van der Waals surface area contributed by atoms with Gasteiger partial charge >= 0.3 is 0 Å². The van der Waals surface area contributed by atoms with E-state index >= 15 is 0 Å². The van der Waals surface area contributed by atoms with Gasteiger partial charge in [-0.3, -0.25) is 4.79 Å². The number of aromatic hydroxyl groups is 2. The van der Waals surface area contributed by atoms with Gasteiger partial charge in [-0.15, -0.1) is 0 Å². The molecule has 33 heavy (non-hydrogen) atoms. The summed E-state index contributed by atoms with van der Waals surface area (Å²) in [7, 11) is 0. The first-order chi connectivity index (χ1) is 15.7. The molecule has 5 heteroatoms. The van der Waals surface area contributed by atoms with Crippen molar-refractivity contribution in [1.82, 2.24) is 0 Å². The zero-order chi connectivity index (χ0) is 24.1. The van der Waals surface area contributed by atoms with Gasteiger partial charge in [-0.1, -0.05) is 28.9 Å². The van der Waals surface area contributed by atoms with E-state index in [1.54, 1.807) is 12.1 Å². The van der Waals surface area contributed by atoms with Crippen molar-refractivity contribution in [2.75, 3.05) is 6.61 Å². The van der Waals surface area contributed by atoms with E-state index in [4.69, 9.17) is 9.15 Å². The predicted molar refractivity (Wildman–Crippen MR) is 134 cm³/mol. The average Bonchev–Trinajstić information content (AvgIpc) is 2.73. The number of benzene rings is 2. The number of phenolic OH excluding ortho intramolecular Hbond substituents is 2. The lowest BCUT2D eigenvalue weighted by molar-refractivity contribution is 0.354. The third-order valence-corrected chi connectivity index (χ3v) is 5.46. The molecule has 0 aliphatic carbocycles. The van der Waals surface area contributed by atoms with Gasteiger partial charge in [0.1, 0.15) is 40.4 Å². The number of allylic oxidation sites excluding steroid dienone is 5. The van der Waals surface area contributed by atoms with E-state index in [0.29, 0.717) is 29.9 Å². The summed E-state index contributed by atoms with van der Waals surface area (Å²) >= 11 is 0.